The lowest BCUT2D eigenvalue weighted by molar-refractivity contribution is 0.552. The minimum absolute atomic E-state index is 0.817. The maximum atomic E-state index is 2.66. The molecule has 0 aromatic heterocycles. The van der Waals surface area contributed by atoms with Gasteiger partial charge in [-0.2, -0.15) is 0 Å². The Morgan fingerprint density at radius 3 is 2.19 bits per heavy atom. The van der Waals surface area contributed by atoms with Gasteiger partial charge in [-0.25, -0.2) is 0 Å². The third-order valence-electron chi connectivity index (χ3n) is 5.88. The van der Waals surface area contributed by atoms with Gasteiger partial charge in [0, 0.05) is 0 Å². The van der Waals surface area contributed by atoms with E-state index in [1.807, 2.05) is 0 Å². The van der Waals surface area contributed by atoms with Crippen molar-refractivity contribution in [1.29, 1.82) is 0 Å². The Balaban J connectivity index is 1.86. The van der Waals surface area contributed by atoms with Crippen molar-refractivity contribution in [2.45, 2.75) is 50.7 Å². The van der Waals surface area contributed by atoms with Gasteiger partial charge in [-0.15, -0.1) is 0 Å². The van der Waals surface area contributed by atoms with E-state index in [2.05, 4.69) is 68.1 Å². The van der Waals surface area contributed by atoms with Crippen LogP contribution in [0, 0.1) is 11.8 Å². The third kappa shape index (κ3) is 2.94. The second kappa shape index (κ2) is 6.35. The topological polar surface area (TPSA) is 0 Å². The van der Waals surface area contributed by atoms with Gasteiger partial charge in [0.1, 0.15) is 0 Å². The molecule has 0 saturated heterocycles. The largest absolute Gasteiger partial charge is 0.0867 e. The Morgan fingerprint density at radius 1 is 1.00 bits per heavy atom. The number of benzene rings is 1. The van der Waals surface area contributed by atoms with E-state index in [9.17, 15) is 0 Å². The average molecular weight is 297 g/mol. The molecule has 0 nitrogen and oxygen atoms in total. The molecule has 1 saturated carbocycles. The average Bonchev–Trinajstić information content (AvgIpc) is 2.98. The minimum atomic E-state index is -1.37. The Bertz CT molecular complexity index is 496. The lowest BCUT2D eigenvalue weighted by Crippen LogP contribution is -2.48. The quantitative estimate of drug-likeness (QED) is 0.647. The number of fused-ring (bicyclic) bond motifs is 1. The molecule has 1 heteroatoms. The number of hydrogen-bond donors (Lipinski definition) is 0. The van der Waals surface area contributed by atoms with Crippen LogP contribution in [0.25, 0.3) is 0 Å². The maximum Gasteiger partial charge on any atom is 0.0867 e. The molecule has 0 N–H and O–H groups in total. The normalized spacial score (nSPS) is 30.1. The SMILES string of the molecule is CCCC[Si](C)(c1ccccc1)C1CC2C=CC=CC2C1. The van der Waals surface area contributed by atoms with Crippen LogP contribution in [-0.4, -0.2) is 8.07 Å². The summed E-state index contributed by atoms with van der Waals surface area (Å²) in [4.78, 5) is 0. The minimum Gasteiger partial charge on any atom is -0.0808 e. The van der Waals surface area contributed by atoms with Crippen LogP contribution in [0.5, 0.6) is 0 Å². The van der Waals surface area contributed by atoms with Crippen LogP contribution in [-0.2, 0) is 0 Å². The van der Waals surface area contributed by atoms with Gasteiger partial charge in [-0.1, -0.05) is 92.2 Å². The van der Waals surface area contributed by atoms with Crippen LogP contribution in [0.4, 0.5) is 0 Å². The number of allylic oxidation sites excluding steroid dienone is 4. The summed E-state index contributed by atoms with van der Waals surface area (Å²) >= 11 is 0. The van der Waals surface area contributed by atoms with E-state index < -0.39 is 8.07 Å². The van der Waals surface area contributed by atoms with Crippen molar-refractivity contribution >= 4 is 13.3 Å². The lowest BCUT2D eigenvalue weighted by Gasteiger charge is -2.34. The fourth-order valence-electron chi connectivity index (χ4n) is 4.43. The standard InChI is InChI=1S/C20H28Si/c1-3-4-14-21(2,19-12-6-5-7-13-19)20-15-17-10-8-9-11-18(17)16-20/h5-13,17-18,20H,3-4,14-16H2,1-2H3. The first-order valence-electron chi connectivity index (χ1n) is 8.64. The maximum absolute atomic E-state index is 2.66. The predicted molar refractivity (Wildman–Crippen MR) is 95.7 cm³/mol. The Hall–Kier alpha value is -1.08. The first kappa shape index (κ1) is 14.8. The second-order valence-electron chi connectivity index (χ2n) is 7.15. The number of unbranched alkanes of at least 4 members (excludes halogenated alkanes) is 1. The third-order valence-corrected chi connectivity index (χ3v) is 11.2. The van der Waals surface area contributed by atoms with Crippen LogP contribution in [0.3, 0.4) is 0 Å². The molecule has 0 amide bonds. The van der Waals surface area contributed by atoms with Crippen molar-refractivity contribution in [2.75, 3.05) is 0 Å². The molecule has 0 spiro atoms. The van der Waals surface area contributed by atoms with Crippen molar-refractivity contribution in [3.8, 4) is 0 Å². The van der Waals surface area contributed by atoms with Gasteiger partial charge in [0.15, 0.2) is 0 Å². The number of hydrogen-bond acceptors (Lipinski definition) is 0. The van der Waals surface area contributed by atoms with Gasteiger partial charge < -0.3 is 0 Å². The van der Waals surface area contributed by atoms with E-state index in [4.69, 9.17) is 0 Å². The van der Waals surface area contributed by atoms with Crippen molar-refractivity contribution in [3.63, 3.8) is 0 Å². The summed E-state index contributed by atoms with van der Waals surface area (Å²) < 4.78 is 0. The fourth-order valence-corrected chi connectivity index (χ4v) is 9.22. The summed E-state index contributed by atoms with van der Waals surface area (Å²) in [6.07, 6.45) is 15.0. The molecule has 2 aliphatic carbocycles. The van der Waals surface area contributed by atoms with E-state index in [0.717, 1.165) is 17.4 Å². The lowest BCUT2D eigenvalue weighted by atomic mass is 9.92. The molecule has 1 fully saturated rings. The highest BCUT2D eigenvalue weighted by Crippen LogP contribution is 2.49. The monoisotopic (exact) mass is 296 g/mol. The molecular formula is C20H28Si. The molecule has 3 unspecified atom stereocenters. The second-order valence-corrected chi connectivity index (χ2v) is 11.9. The predicted octanol–water partition coefficient (Wildman–Crippen LogP) is 5.29. The van der Waals surface area contributed by atoms with Crippen molar-refractivity contribution < 1.29 is 0 Å². The molecule has 0 aliphatic heterocycles. The Morgan fingerprint density at radius 2 is 1.62 bits per heavy atom. The molecule has 0 radical (unpaired) electrons. The van der Waals surface area contributed by atoms with Gasteiger partial charge in [-0.3, -0.25) is 0 Å². The van der Waals surface area contributed by atoms with Gasteiger partial charge in [0.25, 0.3) is 0 Å². The van der Waals surface area contributed by atoms with Gasteiger partial charge in [-0.05, 0) is 30.2 Å². The highest BCUT2D eigenvalue weighted by molar-refractivity contribution is 6.92. The summed E-state index contributed by atoms with van der Waals surface area (Å²) in [5, 5.41) is 1.69. The first-order chi connectivity index (χ1) is 10.2. The molecular weight excluding hydrogens is 268 g/mol. The number of rotatable bonds is 5. The van der Waals surface area contributed by atoms with Crippen molar-refractivity contribution in [2.24, 2.45) is 11.8 Å². The van der Waals surface area contributed by atoms with Gasteiger partial charge >= 0.3 is 0 Å². The first-order valence-corrected chi connectivity index (χ1v) is 11.4. The van der Waals surface area contributed by atoms with E-state index in [1.165, 1.54) is 31.7 Å². The van der Waals surface area contributed by atoms with Crippen LogP contribution in [0.15, 0.2) is 54.6 Å². The highest BCUT2D eigenvalue weighted by atomic mass is 28.3. The summed E-state index contributed by atoms with van der Waals surface area (Å²) in [5.41, 5.74) is 0.953. The van der Waals surface area contributed by atoms with Gasteiger partial charge in [0.05, 0.1) is 8.07 Å². The summed E-state index contributed by atoms with van der Waals surface area (Å²) in [6, 6.07) is 12.9. The zero-order valence-corrected chi connectivity index (χ0v) is 14.5. The van der Waals surface area contributed by atoms with Crippen molar-refractivity contribution in [3.05, 3.63) is 54.6 Å². The van der Waals surface area contributed by atoms with Crippen LogP contribution >= 0.6 is 0 Å². The molecule has 1 aromatic rings. The highest BCUT2D eigenvalue weighted by Gasteiger charge is 2.44. The van der Waals surface area contributed by atoms with Crippen LogP contribution in [0.1, 0.15) is 32.6 Å². The van der Waals surface area contributed by atoms with Crippen molar-refractivity contribution in [1.82, 2.24) is 0 Å². The van der Waals surface area contributed by atoms with Crippen LogP contribution in [0.2, 0.25) is 18.1 Å². The molecule has 1 aromatic carbocycles. The molecule has 0 heterocycles. The van der Waals surface area contributed by atoms with E-state index >= 15 is 0 Å². The molecule has 2 aliphatic rings. The van der Waals surface area contributed by atoms with Crippen LogP contribution < -0.4 is 5.19 Å². The zero-order chi connectivity index (χ0) is 14.7. The zero-order valence-electron chi connectivity index (χ0n) is 13.5. The summed E-state index contributed by atoms with van der Waals surface area (Å²) in [5.74, 6) is 1.63. The Labute approximate surface area is 131 Å². The molecule has 3 atom stereocenters. The van der Waals surface area contributed by atoms with E-state index in [-0.39, 0.29) is 0 Å². The summed E-state index contributed by atoms with van der Waals surface area (Å²) in [6.45, 7) is 4.99. The molecule has 3 rings (SSSR count). The van der Waals surface area contributed by atoms with Gasteiger partial charge in [0.2, 0.25) is 0 Å². The van der Waals surface area contributed by atoms with E-state index in [0.29, 0.717) is 0 Å². The smallest absolute Gasteiger partial charge is 0.0808 e. The molecule has 21 heavy (non-hydrogen) atoms. The molecule has 112 valence electrons. The molecule has 0 bridgehead atoms. The fraction of sp³-hybridized carbons (Fsp3) is 0.500. The Kier molecular flexibility index (Phi) is 4.49. The summed E-state index contributed by atoms with van der Waals surface area (Å²) in [7, 11) is -1.37. The van der Waals surface area contributed by atoms with E-state index in [1.54, 1.807) is 5.19 Å².